The van der Waals surface area contributed by atoms with E-state index in [1.807, 2.05) is 0 Å². The summed E-state index contributed by atoms with van der Waals surface area (Å²) in [7, 11) is 1.49. The van der Waals surface area contributed by atoms with Crippen molar-refractivity contribution in [2.75, 3.05) is 19.2 Å². The van der Waals surface area contributed by atoms with E-state index in [2.05, 4.69) is 4.98 Å². The molecule has 34 heavy (non-hydrogen) atoms. The second-order valence-electron chi connectivity index (χ2n) is 7.14. The third-order valence-corrected chi connectivity index (χ3v) is 5.07. The Morgan fingerprint density at radius 1 is 1.09 bits per heavy atom. The molecule has 1 saturated heterocycles. The number of hydrogen-bond acceptors (Lipinski definition) is 12. The molecule has 4 rings (SSSR count). The molecular formula is C21H19N3O10. The Bertz CT molecular complexity index is 1180. The molecule has 0 aliphatic carbocycles. The van der Waals surface area contributed by atoms with Crippen LogP contribution in [0.15, 0.2) is 53.5 Å². The van der Waals surface area contributed by atoms with E-state index in [0.717, 1.165) is 16.7 Å². The van der Waals surface area contributed by atoms with Gasteiger partial charge in [0.15, 0.2) is 24.3 Å². The fourth-order valence-electron chi connectivity index (χ4n) is 3.45. The fraction of sp³-hybridized carbons (Fsp3) is 0.286. The first-order chi connectivity index (χ1) is 16.4. The van der Waals surface area contributed by atoms with E-state index in [4.69, 9.17) is 28.9 Å². The van der Waals surface area contributed by atoms with Crippen molar-refractivity contribution in [3.63, 3.8) is 0 Å². The topological polar surface area (TPSA) is 165 Å². The third kappa shape index (κ3) is 4.74. The molecule has 0 amide bonds. The van der Waals surface area contributed by atoms with Gasteiger partial charge in [0.25, 0.3) is 0 Å². The van der Waals surface area contributed by atoms with Gasteiger partial charge in [-0.3, -0.25) is 15.3 Å². The van der Waals surface area contributed by atoms with Crippen LogP contribution in [0, 0.1) is 0 Å². The second kappa shape index (κ2) is 9.72. The first-order valence-corrected chi connectivity index (χ1v) is 9.95. The van der Waals surface area contributed by atoms with Crippen molar-refractivity contribution in [1.82, 2.24) is 9.55 Å². The van der Waals surface area contributed by atoms with Crippen LogP contribution >= 0.6 is 0 Å². The minimum atomic E-state index is -1.26. The van der Waals surface area contributed by atoms with Crippen molar-refractivity contribution >= 4 is 23.7 Å². The van der Waals surface area contributed by atoms with Gasteiger partial charge in [0.1, 0.15) is 18.5 Å². The highest BCUT2D eigenvalue weighted by Crippen LogP contribution is 2.34. The molecule has 1 unspecified atom stereocenters. The van der Waals surface area contributed by atoms with E-state index in [1.54, 1.807) is 17.6 Å². The summed E-state index contributed by atoms with van der Waals surface area (Å²) in [6.07, 6.45) is -1.77. The van der Waals surface area contributed by atoms with Gasteiger partial charge in [-0.2, -0.15) is 4.98 Å². The lowest BCUT2D eigenvalue weighted by molar-refractivity contribution is -0.164. The van der Waals surface area contributed by atoms with Crippen LogP contribution in [-0.4, -0.2) is 64.7 Å². The summed E-state index contributed by atoms with van der Waals surface area (Å²) < 4.78 is 27.9. The molecule has 2 aliphatic heterocycles. The first-order valence-electron chi connectivity index (χ1n) is 9.95. The Kier molecular flexibility index (Phi) is 6.56. The monoisotopic (exact) mass is 473 g/mol. The zero-order chi connectivity index (χ0) is 24.2. The SMILES string of the molecule is COc1ccc(C(=O)OC[C@H]2O[C@@H](n3ccc(NO)nc3=O)[C@H]3OC(=O)/C=C\C(=O)OC23)cc1. The van der Waals surface area contributed by atoms with Gasteiger partial charge in [-0.1, -0.05) is 0 Å². The molecule has 0 spiro atoms. The van der Waals surface area contributed by atoms with E-state index in [-0.39, 0.29) is 18.0 Å². The van der Waals surface area contributed by atoms with Crippen molar-refractivity contribution < 1.29 is 43.3 Å². The minimum Gasteiger partial charge on any atom is -0.497 e. The molecular weight excluding hydrogens is 454 g/mol. The zero-order valence-electron chi connectivity index (χ0n) is 17.7. The number of carbonyl (C=O) groups excluding carboxylic acids is 3. The first kappa shape index (κ1) is 22.9. The zero-order valence-corrected chi connectivity index (χ0v) is 17.7. The number of aromatic nitrogens is 2. The number of methoxy groups -OCH3 is 1. The summed E-state index contributed by atoms with van der Waals surface area (Å²) in [6.45, 7) is -0.379. The van der Waals surface area contributed by atoms with Crippen LogP contribution in [0.2, 0.25) is 0 Å². The number of nitrogens with one attached hydrogen (secondary N) is 1. The molecule has 0 radical (unpaired) electrons. The maximum Gasteiger partial charge on any atom is 0.351 e. The third-order valence-electron chi connectivity index (χ3n) is 5.07. The van der Waals surface area contributed by atoms with Gasteiger partial charge in [-0.15, -0.1) is 0 Å². The molecule has 13 heteroatoms. The molecule has 13 nitrogen and oxygen atoms in total. The molecule has 1 fully saturated rings. The van der Waals surface area contributed by atoms with E-state index in [1.165, 1.54) is 31.5 Å². The maximum atomic E-state index is 12.5. The summed E-state index contributed by atoms with van der Waals surface area (Å²) in [5, 5.41) is 8.94. The predicted molar refractivity (Wildman–Crippen MR) is 110 cm³/mol. The van der Waals surface area contributed by atoms with E-state index >= 15 is 0 Å². The van der Waals surface area contributed by atoms with Gasteiger partial charge >= 0.3 is 23.6 Å². The molecule has 1 aromatic carbocycles. The molecule has 178 valence electrons. The molecule has 3 heterocycles. The number of benzene rings is 1. The van der Waals surface area contributed by atoms with Crippen molar-refractivity contribution in [3.8, 4) is 5.75 Å². The maximum absolute atomic E-state index is 12.5. The van der Waals surface area contributed by atoms with Gasteiger partial charge < -0.3 is 23.7 Å². The number of esters is 3. The molecule has 0 saturated carbocycles. The van der Waals surface area contributed by atoms with E-state index in [9.17, 15) is 19.2 Å². The average molecular weight is 473 g/mol. The normalized spacial score (nSPS) is 24.6. The van der Waals surface area contributed by atoms with Gasteiger partial charge in [-0.05, 0) is 30.3 Å². The standard InChI is InChI=1S/C21H19N3O10/c1-30-12-4-2-11(3-5-12)20(27)31-10-13-17-18(34-16(26)7-6-15(25)33-17)19(32-13)24-9-8-14(23-29)22-21(24)28/h2-9,13,17-19,29H,10H2,1H3,(H,22,23,28)/b7-6-/t13-,17?,18+,19-/m1/s1. The van der Waals surface area contributed by atoms with Crippen LogP contribution in [-0.2, 0) is 28.5 Å². The van der Waals surface area contributed by atoms with Gasteiger partial charge in [0, 0.05) is 18.3 Å². The number of hydrogen-bond donors (Lipinski definition) is 2. The van der Waals surface area contributed by atoms with Crippen molar-refractivity contribution in [2.24, 2.45) is 0 Å². The summed E-state index contributed by atoms with van der Waals surface area (Å²) in [5.74, 6) is -1.94. The molecule has 0 bridgehead atoms. The van der Waals surface area contributed by atoms with Crippen LogP contribution in [0.4, 0.5) is 5.82 Å². The number of anilines is 1. The molecule has 4 atom stereocenters. The van der Waals surface area contributed by atoms with Crippen molar-refractivity contribution in [1.29, 1.82) is 0 Å². The molecule has 1 aromatic heterocycles. The Morgan fingerprint density at radius 2 is 1.76 bits per heavy atom. The van der Waals surface area contributed by atoms with Gasteiger partial charge in [-0.25, -0.2) is 19.2 Å². The summed E-state index contributed by atoms with van der Waals surface area (Å²) in [5.41, 5.74) is 1.13. The quantitative estimate of drug-likeness (QED) is 0.333. The lowest BCUT2D eigenvalue weighted by Crippen LogP contribution is -2.43. The summed E-state index contributed by atoms with van der Waals surface area (Å²) in [4.78, 5) is 52.7. The number of ether oxygens (including phenoxy) is 5. The summed E-state index contributed by atoms with van der Waals surface area (Å²) >= 11 is 0. The fourth-order valence-corrected chi connectivity index (χ4v) is 3.45. The second-order valence-corrected chi connectivity index (χ2v) is 7.14. The highest BCUT2D eigenvalue weighted by Gasteiger charge is 2.51. The lowest BCUT2D eigenvalue weighted by atomic mass is 10.1. The van der Waals surface area contributed by atoms with E-state index < -0.39 is 48.1 Å². The van der Waals surface area contributed by atoms with Crippen LogP contribution in [0.1, 0.15) is 16.6 Å². The Hall–Kier alpha value is -4.23. The Labute approximate surface area is 191 Å². The largest absolute Gasteiger partial charge is 0.497 e. The molecule has 2 aromatic rings. The highest BCUT2D eigenvalue weighted by atomic mass is 16.7. The van der Waals surface area contributed by atoms with Crippen LogP contribution in [0.25, 0.3) is 0 Å². The highest BCUT2D eigenvalue weighted by molar-refractivity contribution is 5.92. The molecule has 2 N–H and O–H groups in total. The molecule has 2 aliphatic rings. The smallest absolute Gasteiger partial charge is 0.351 e. The Balaban J connectivity index is 1.58. The summed E-state index contributed by atoms with van der Waals surface area (Å²) in [6, 6.07) is 7.45. The van der Waals surface area contributed by atoms with E-state index in [0.29, 0.717) is 5.75 Å². The van der Waals surface area contributed by atoms with Crippen LogP contribution in [0.5, 0.6) is 5.75 Å². The lowest BCUT2D eigenvalue weighted by Gasteiger charge is -2.25. The van der Waals surface area contributed by atoms with Crippen LogP contribution < -0.4 is 15.9 Å². The minimum absolute atomic E-state index is 0.121. The van der Waals surface area contributed by atoms with Crippen molar-refractivity contribution in [3.05, 3.63) is 64.7 Å². The average Bonchev–Trinajstić information content (AvgIpc) is 3.15. The number of fused-ring (bicyclic) bond motifs is 1. The number of carbonyl (C=O) groups is 3. The number of nitrogens with zero attached hydrogens (tertiary/aromatic N) is 2. The Morgan fingerprint density at radius 3 is 2.38 bits per heavy atom. The van der Waals surface area contributed by atoms with Crippen LogP contribution in [0.3, 0.4) is 0 Å². The van der Waals surface area contributed by atoms with Gasteiger partial charge in [0.05, 0.1) is 12.7 Å². The predicted octanol–water partition coefficient (Wildman–Crippen LogP) is 0.201. The van der Waals surface area contributed by atoms with Gasteiger partial charge in [0.2, 0.25) is 0 Å². The number of rotatable bonds is 6. The van der Waals surface area contributed by atoms with Crippen molar-refractivity contribution in [2.45, 2.75) is 24.5 Å².